The van der Waals surface area contributed by atoms with Gasteiger partial charge < -0.3 is 9.47 Å². The first-order valence-electron chi connectivity index (χ1n) is 8.68. The van der Waals surface area contributed by atoms with Crippen molar-refractivity contribution < 1.29 is 17.9 Å². The molecule has 0 bridgehead atoms. The van der Waals surface area contributed by atoms with Crippen molar-refractivity contribution >= 4 is 21.6 Å². The van der Waals surface area contributed by atoms with Crippen molar-refractivity contribution in [3.63, 3.8) is 0 Å². The Morgan fingerprint density at radius 1 is 1.04 bits per heavy atom. The molecule has 1 saturated carbocycles. The van der Waals surface area contributed by atoms with E-state index in [4.69, 9.17) is 21.1 Å². The summed E-state index contributed by atoms with van der Waals surface area (Å²) in [5, 5.41) is 0.494. The second kappa shape index (κ2) is 8.75. The molecule has 7 heteroatoms. The maximum Gasteiger partial charge on any atom is 0.240 e. The fourth-order valence-electron chi connectivity index (χ4n) is 2.88. The van der Waals surface area contributed by atoms with E-state index in [0.717, 1.165) is 12.8 Å². The number of benzene rings is 2. The predicted octanol–water partition coefficient (Wildman–Crippen LogP) is 4.02. The molecule has 2 aromatic carbocycles. The third-order valence-corrected chi connectivity index (χ3v) is 6.02. The van der Waals surface area contributed by atoms with E-state index in [1.807, 2.05) is 0 Å². The molecular weight excluding hydrogens is 374 g/mol. The fraction of sp³-hybridized carbons (Fsp3) is 0.368. The monoisotopic (exact) mass is 395 g/mol. The summed E-state index contributed by atoms with van der Waals surface area (Å²) >= 11 is 5.99. The largest absolute Gasteiger partial charge is 0.491 e. The van der Waals surface area contributed by atoms with Gasteiger partial charge in [0.25, 0.3) is 0 Å². The molecular formula is C19H22ClNO4S. The third-order valence-electron chi connectivity index (χ3n) is 4.23. The lowest BCUT2D eigenvalue weighted by atomic mass is 10.3. The van der Waals surface area contributed by atoms with E-state index in [0.29, 0.717) is 16.5 Å². The zero-order chi connectivity index (χ0) is 18.4. The van der Waals surface area contributed by atoms with Crippen LogP contribution in [-0.4, -0.2) is 27.7 Å². The summed E-state index contributed by atoms with van der Waals surface area (Å²) in [6.45, 7) is 0.333. The van der Waals surface area contributed by atoms with Gasteiger partial charge in [-0.3, -0.25) is 0 Å². The van der Waals surface area contributed by atoms with E-state index < -0.39 is 10.0 Å². The second-order valence-electron chi connectivity index (χ2n) is 6.17. The average Bonchev–Trinajstić information content (AvgIpc) is 3.14. The molecule has 1 aliphatic rings. The summed E-state index contributed by atoms with van der Waals surface area (Å²) in [4.78, 5) is 0.203. The van der Waals surface area contributed by atoms with Gasteiger partial charge in [0.1, 0.15) is 18.1 Å². The van der Waals surface area contributed by atoms with Gasteiger partial charge in [-0.2, -0.15) is 0 Å². The van der Waals surface area contributed by atoms with Gasteiger partial charge >= 0.3 is 0 Å². The van der Waals surface area contributed by atoms with Crippen molar-refractivity contribution in [1.82, 2.24) is 4.72 Å². The average molecular weight is 396 g/mol. The molecule has 0 aromatic heterocycles. The SMILES string of the molecule is O=S(=O)(NCCOc1ccccc1Cl)c1ccc(OC2CCCC2)cc1. The molecule has 2 aromatic rings. The number of hydrogen-bond donors (Lipinski definition) is 1. The number of hydrogen-bond acceptors (Lipinski definition) is 4. The maximum absolute atomic E-state index is 12.3. The van der Waals surface area contributed by atoms with Crippen LogP contribution >= 0.6 is 11.6 Å². The minimum absolute atomic E-state index is 0.147. The summed E-state index contributed by atoms with van der Waals surface area (Å²) in [5.74, 6) is 1.24. The lowest BCUT2D eigenvalue weighted by molar-refractivity contribution is 0.210. The molecule has 1 fully saturated rings. The summed E-state index contributed by atoms with van der Waals surface area (Å²) < 4.78 is 38.5. The molecule has 26 heavy (non-hydrogen) atoms. The smallest absolute Gasteiger partial charge is 0.240 e. The first-order chi connectivity index (χ1) is 12.5. The first-order valence-corrected chi connectivity index (χ1v) is 10.5. The molecule has 0 heterocycles. The van der Waals surface area contributed by atoms with Crippen LogP contribution in [0.5, 0.6) is 11.5 Å². The van der Waals surface area contributed by atoms with E-state index in [9.17, 15) is 8.42 Å². The van der Waals surface area contributed by atoms with Crippen LogP contribution in [0.1, 0.15) is 25.7 Å². The number of halogens is 1. The minimum atomic E-state index is -3.59. The standard InChI is InChI=1S/C19H22ClNO4S/c20-18-7-3-4-8-19(18)24-14-13-21-26(22,23)17-11-9-16(10-12-17)25-15-5-1-2-6-15/h3-4,7-12,15,21H,1-2,5-6,13-14H2. The molecule has 0 spiro atoms. The Morgan fingerprint density at radius 2 is 1.73 bits per heavy atom. The Kier molecular flexibility index (Phi) is 6.40. The molecule has 3 rings (SSSR count). The normalized spacial score (nSPS) is 15.1. The Balaban J connectivity index is 1.50. The summed E-state index contributed by atoms with van der Waals surface area (Å²) in [7, 11) is -3.59. The predicted molar refractivity (Wildman–Crippen MR) is 101 cm³/mol. The van der Waals surface area contributed by atoms with E-state index in [1.54, 1.807) is 48.5 Å². The van der Waals surface area contributed by atoms with Crippen molar-refractivity contribution in [3.8, 4) is 11.5 Å². The summed E-state index contributed by atoms with van der Waals surface area (Å²) in [6.07, 6.45) is 4.76. The van der Waals surface area contributed by atoms with Crippen LogP contribution in [0.15, 0.2) is 53.4 Å². The van der Waals surface area contributed by atoms with Gasteiger partial charge in [0, 0.05) is 6.54 Å². The van der Waals surface area contributed by atoms with Crippen LogP contribution in [0.3, 0.4) is 0 Å². The zero-order valence-electron chi connectivity index (χ0n) is 14.4. The highest BCUT2D eigenvalue weighted by Gasteiger charge is 2.17. The third kappa shape index (κ3) is 5.13. The molecule has 0 atom stereocenters. The quantitative estimate of drug-likeness (QED) is 0.685. The molecule has 0 radical (unpaired) electrons. The Bertz CT molecular complexity index is 818. The van der Waals surface area contributed by atoms with Crippen molar-refractivity contribution in [2.45, 2.75) is 36.7 Å². The number of nitrogens with one attached hydrogen (secondary N) is 1. The van der Waals surface area contributed by atoms with Gasteiger partial charge in [0.2, 0.25) is 10.0 Å². The van der Waals surface area contributed by atoms with Crippen molar-refractivity contribution in [1.29, 1.82) is 0 Å². The van der Waals surface area contributed by atoms with Crippen molar-refractivity contribution in [2.75, 3.05) is 13.2 Å². The molecule has 0 unspecified atom stereocenters. The van der Waals surface area contributed by atoms with Crippen LogP contribution in [-0.2, 0) is 10.0 Å². The van der Waals surface area contributed by atoms with Crippen LogP contribution in [0, 0.1) is 0 Å². The van der Waals surface area contributed by atoms with Crippen LogP contribution in [0.4, 0.5) is 0 Å². The van der Waals surface area contributed by atoms with Crippen molar-refractivity contribution in [2.24, 2.45) is 0 Å². The second-order valence-corrected chi connectivity index (χ2v) is 8.35. The van der Waals surface area contributed by atoms with Crippen LogP contribution < -0.4 is 14.2 Å². The van der Waals surface area contributed by atoms with E-state index in [1.165, 1.54) is 12.8 Å². The Hall–Kier alpha value is -1.76. The highest BCUT2D eigenvalue weighted by Crippen LogP contribution is 2.25. The summed E-state index contributed by atoms with van der Waals surface area (Å²) in [6, 6.07) is 13.6. The van der Waals surface area contributed by atoms with Crippen LogP contribution in [0.25, 0.3) is 0 Å². The number of para-hydroxylation sites is 1. The van der Waals surface area contributed by atoms with E-state index >= 15 is 0 Å². The van der Waals surface area contributed by atoms with Gasteiger partial charge in [-0.25, -0.2) is 13.1 Å². The fourth-order valence-corrected chi connectivity index (χ4v) is 4.08. The van der Waals surface area contributed by atoms with Gasteiger partial charge in [-0.05, 0) is 62.1 Å². The van der Waals surface area contributed by atoms with Gasteiger partial charge in [-0.1, -0.05) is 23.7 Å². The lowest BCUT2D eigenvalue weighted by Gasteiger charge is -2.13. The molecule has 0 aliphatic heterocycles. The Morgan fingerprint density at radius 3 is 2.42 bits per heavy atom. The first kappa shape index (κ1) is 19.0. The molecule has 5 nitrogen and oxygen atoms in total. The van der Waals surface area contributed by atoms with E-state index in [-0.39, 0.29) is 24.2 Å². The zero-order valence-corrected chi connectivity index (χ0v) is 15.9. The Labute approximate surface area is 159 Å². The number of ether oxygens (including phenoxy) is 2. The van der Waals surface area contributed by atoms with E-state index in [2.05, 4.69) is 4.72 Å². The summed E-state index contributed by atoms with van der Waals surface area (Å²) in [5.41, 5.74) is 0. The van der Waals surface area contributed by atoms with Gasteiger partial charge in [0.05, 0.1) is 16.0 Å². The molecule has 0 saturated heterocycles. The number of sulfonamides is 1. The lowest BCUT2D eigenvalue weighted by Crippen LogP contribution is -2.28. The highest BCUT2D eigenvalue weighted by molar-refractivity contribution is 7.89. The maximum atomic E-state index is 12.3. The van der Waals surface area contributed by atoms with Gasteiger partial charge in [0.15, 0.2) is 0 Å². The number of rotatable bonds is 8. The molecule has 140 valence electrons. The molecule has 0 amide bonds. The van der Waals surface area contributed by atoms with Gasteiger partial charge in [-0.15, -0.1) is 0 Å². The minimum Gasteiger partial charge on any atom is -0.491 e. The topological polar surface area (TPSA) is 64.6 Å². The molecule has 1 aliphatic carbocycles. The molecule has 1 N–H and O–H groups in total. The van der Waals surface area contributed by atoms with Crippen molar-refractivity contribution in [3.05, 3.63) is 53.6 Å². The highest BCUT2D eigenvalue weighted by atomic mass is 35.5. The van der Waals surface area contributed by atoms with Crippen LogP contribution in [0.2, 0.25) is 5.02 Å².